The third-order valence-corrected chi connectivity index (χ3v) is 5.77. The molecule has 174 valence electrons. The number of rotatable bonds is 6. The van der Waals surface area contributed by atoms with E-state index in [9.17, 15) is 14.9 Å². The van der Waals surface area contributed by atoms with Gasteiger partial charge in [-0.2, -0.15) is 5.26 Å². The molecule has 0 atom stereocenters. The molecule has 1 aliphatic rings. The average Bonchev–Trinajstić information content (AvgIpc) is 3.23. The second-order valence-electron chi connectivity index (χ2n) is 7.63. The number of ether oxygens (including phenoxy) is 1. The molecule has 8 heteroatoms. The van der Waals surface area contributed by atoms with Crippen molar-refractivity contribution in [1.82, 2.24) is 10.6 Å². The number of amidine groups is 1. The Labute approximate surface area is 207 Å². The lowest BCUT2D eigenvalue weighted by Gasteiger charge is -2.07. The third-order valence-electron chi connectivity index (χ3n) is 5.45. The van der Waals surface area contributed by atoms with E-state index in [4.69, 9.17) is 16.3 Å². The summed E-state index contributed by atoms with van der Waals surface area (Å²) in [6.45, 7) is 0.338. The van der Waals surface area contributed by atoms with E-state index in [0.717, 1.165) is 11.3 Å². The molecule has 0 bridgehead atoms. The van der Waals surface area contributed by atoms with Crippen LogP contribution < -0.4 is 15.4 Å². The molecule has 1 aliphatic heterocycles. The van der Waals surface area contributed by atoms with Gasteiger partial charge in [-0.3, -0.25) is 9.59 Å². The number of hydrogen-bond donors (Lipinski definition) is 2. The highest BCUT2D eigenvalue weighted by molar-refractivity contribution is 6.34. The van der Waals surface area contributed by atoms with E-state index in [-0.39, 0.29) is 17.1 Å². The molecule has 0 saturated carbocycles. The maximum absolute atomic E-state index is 12.9. The highest BCUT2D eigenvalue weighted by Gasteiger charge is 2.27. The molecule has 0 saturated heterocycles. The average molecular weight is 485 g/mol. The van der Waals surface area contributed by atoms with Crippen molar-refractivity contribution in [3.8, 4) is 11.8 Å². The monoisotopic (exact) mass is 484 g/mol. The second kappa shape index (κ2) is 10.7. The first kappa shape index (κ1) is 23.7. The quantitative estimate of drug-likeness (QED) is 0.405. The molecule has 7 nitrogen and oxygen atoms in total. The second-order valence-corrected chi connectivity index (χ2v) is 8.04. The first-order chi connectivity index (χ1) is 17.0. The minimum atomic E-state index is -0.534. The molecular weight excluding hydrogens is 464 g/mol. The van der Waals surface area contributed by atoms with Gasteiger partial charge in [-0.25, -0.2) is 4.99 Å². The number of carbonyl (C=O) groups excluding carboxylic acids is 2. The molecule has 0 spiro atoms. The van der Waals surface area contributed by atoms with Gasteiger partial charge in [-0.1, -0.05) is 60.1 Å². The SMILES string of the molecule is COc1ccc(CCNC(=O)/C(C#N)=C2/N=C(NC(=O)c3ccccc3Cl)c3ccccc32)cc1. The van der Waals surface area contributed by atoms with Crippen LogP contribution in [0.1, 0.15) is 27.0 Å². The predicted molar refractivity (Wildman–Crippen MR) is 134 cm³/mol. The highest BCUT2D eigenvalue weighted by atomic mass is 35.5. The van der Waals surface area contributed by atoms with Gasteiger partial charge in [-0.15, -0.1) is 0 Å². The number of halogens is 1. The Morgan fingerprint density at radius 1 is 1.00 bits per heavy atom. The lowest BCUT2D eigenvalue weighted by atomic mass is 10.0. The van der Waals surface area contributed by atoms with E-state index >= 15 is 0 Å². The van der Waals surface area contributed by atoms with Gasteiger partial charge in [0.05, 0.1) is 23.4 Å². The van der Waals surface area contributed by atoms with E-state index < -0.39 is 11.8 Å². The van der Waals surface area contributed by atoms with Crippen LogP contribution in [0.15, 0.2) is 83.4 Å². The highest BCUT2D eigenvalue weighted by Crippen LogP contribution is 2.31. The summed E-state index contributed by atoms with van der Waals surface area (Å²) in [6.07, 6.45) is 0.586. The maximum atomic E-state index is 12.9. The number of fused-ring (bicyclic) bond motifs is 1. The van der Waals surface area contributed by atoms with E-state index in [1.165, 1.54) is 0 Å². The number of nitrogens with one attached hydrogen (secondary N) is 2. The van der Waals surface area contributed by atoms with Crippen molar-refractivity contribution in [3.63, 3.8) is 0 Å². The number of hydrogen-bond acceptors (Lipinski definition) is 5. The summed E-state index contributed by atoms with van der Waals surface area (Å²) in [5, 5.41) is 15.6. The van der Waals surface area contributed by atoms with Crippen molar-refractivity contribution in [1.29, 1.82) is 5.26 Å². The van der Waals surface area contributed by atoms with Crippen LogP contribution in [0.25, 0.3) is 5.70 Å². The fourth-order valence-electron chi connectivity index (χ4n) is 3.65. The Balaban J connectivity index is 1.54. The largest absolute Gasteiger partial charge is 0.497 e. The van der Waals surface area contributed by atoms with Crippen molar-refractivity contribution in [3.05, 3.63) is 106 Å². The smallest absolute Gasteiger partial charge is 0.264 e. The third kappa shape index (κ3) is 5.24. The van der Waals surface area contributed by atoms with Crippen LogP contribution in [0.5, 0.6) is 5.75 Å². The van der Waals surface area contributed by atoms with E-state index in [0.29, 0.717) is 34.7 Å². The van der Waals surface area contributed by atoms with Crippen molar-refractivity contribution in [2.45, 2.75) is 6.42 Å². The van der Waals surface area contributed by atoms with E-state index in [1.54, 1.807) is 55.6 Å². The summed E-state index contributed by atoms with van der Waals surface area (Å²) >= 11 is 6.14. The van der Waals surface area contributed by atoms with Gasteiger partial charge in [0, 0.05) is 17.7 Å². The van der Waals surface area contributed by atoms with Gasteiger partial charge in [0.1, 0.15) is 23.2 Å². The van der Waals surface area contributed by atoms with Gasteiger partial charge in [0.25, 0.3) is 11.8 Å². The lowest BCUT2D eigenvalue weighted by Crippen LogP contribution is -2.30. The fourth-order valence-corrected chi connectivity index (χ4v) is 3.87. The Bertz CT molecular complexity index is 1390. The van der Waals surface area contributed by atoms with Crippen LogP contribution in [-0.2, 0) is 11.2 Å². The van der Waals surface area contributed by atoms with Crippen LogP contribution >= 0.6 is 11.6 Å². The summed E-state index contributed by atoms with van der Waals surface area (Å²) in [5.41, 5.74) is 2.59. The molecule has 1 heterocycles. The number of carbonyl (C=O) groups is 2. The van der Waals surface area contributed by atoms with Crippen LogP contribution in [-0.4, -0.2) is 31.3 Å². The van der Waals surface area contributed by atoms with Gasteiger partial charge in [0.15, 0.2) is 0 Å². The topological polar surface area (TPSA) is 104 Å². The molecule has 3 aromatic carbocycles. The number of nitrogens with zero attached hydrogens (tertiary/aromatic N) is 2. The number of benzene rings is 3. The lowest BCUT2D eigenvalue weighted by molar-refractivity contribution is -0.117. The van der Waals surface area contributed by atoms with Crippen molar-refractivity contribution < 1.29 is 14.3 Å². The van der Waals surface area contributed by atoms with Gasteiger partial charge in [0.2, 0.25) is 0 Å². The molecule has 2 N–H and O–H groups in total. The first-order valence-electron chi connectivity index (χ1n) is 10.8. The first-order valence-corrected chi connectivity index (χ1v) is 11.2. The zero-order valence-corrected chi connectivity index (χ0v) is 19.6. The van der Waals surface area contributed by atoms with Crippen LogP contribution in [0.3, 0.4) is 0 Å². The van der Waals surface area contributed by atoms with E-state index in [1.807, 2.05) is 30.3 Å². The number of aliphatic imine (C=N–C) groups is 1. The Hall–Kier alpha value is -4.41. The van der Waals surface area contributed by atoms with Crippen molar-refractivity contribution in [2.24, 2.45) is 4.99 Å². The van der Waals surface area contributed by atoms with Crippen LogP contribution in [0.2, 0.25) is 5.02 Å². The minimum absolute atomic E-state index is 0.130. The standard InChI is InChI=1S/C27H21ClN4O3/c1-35-18-12-10-17(11-13-18)14-15-30-26(33)22(16-29)24-19-6-2-3-7-20(19)25(31-24)32-27(34)21-8-4-5-9-23(21)28/h2-13H,14-15H2,1H3,(H,30,33)(H,31,32,34)/b24-22+. The van der Waals surface area contributed by atoms with Crippen LogP contribution in [0, 0.1) is 11.3 Å². The van der Waals surface area contributed by atoms with Gasteiger partial charge < -0.3 is 15.4 Å². The van der Waals surface area contributed by atoms with Gasteiger partial charge in [-0.05, 0) is 36.2 Å². The Morgan fingerprint density at radius 3 is 2.37 bits per heavy atom. The molecular formula is C27H21ClN4O3. The molecule has 35 heavy (non-hydrogen) atoms. The summed E-state index contributed by atoms with van der Waals surface area (Å²) in [4.78, 5) is 30.1. The zero-order valence-electron chi connectivity index (χ0n) is 18.8. The number of nitriles is 1. The van der Waals surface area contributed by atoms with E-state index in [2.05, 4.69) is 15.6 Å². The Kier molecular flexibility index (Phi) is 7.24. The van der Waals surface area contributed by atoms with Crippen molar-refractivity contribution in [2.75, 3.05) is 13.7 Å². The van der Waals surface area contributed by atoms with Gasteiger partial charge >= 0.3 is 0 Å². The molecule has 0 aromatic heterocycles. The van der Waals surface area contributed by atoms with Crippen LogP contribution in [0.4, 0.5) is 0 Å². The molecule has 0 fully saturated rings. The molecule has 0 aliphatic carbocycles. The molecule has 0 unspecified atom stereocenters. The molecule has 4 rings (SSSR count). The molecule has 3 aromatic rings. The number of amides is 2. The maximum Gasteiger partial charge on any atom is 0.264 e. The normalized spacial score (nSPS) is 13.2. The number of methoxy groups -OCH3 is 1. The minimum Gasteiger partial charge on any atom is -0.497 e. The van der Waals surface area contributed by atoms with Crippen molar-refractivity contribution >= 4 is 34.9 Å². The Morgan fingerprint density at radius 2 is 1.69 bits per heavy atom. The zero-order chi connectivity index (χ0) is 24.8. The predicted octanol–water partition coefficient (Wildman–Crippen LogP) is 4.13. The summed E-state index contributed by atoms with van der Waals surface area (Å²) < 4.78 is 5.15. The summed E-state index contributed by atoms with van der Waals surface area (Å²) in [5.74, 6) is 0.0323. The fraction of sp³-hybridized carbons (Fsp3) is 0.111. The summed E-state index contributed by atoms with van der Waals surface area (Å²) in [7, 11) is 1.60. The molecule has 2 amide bonds. The summed E-state index contributed by atoms with van der Waals surface area (Å²) in [6, 6.07) is 23.3. The molecule has 0 radical (unpaired) electrons.